The maximum atomic E-state index is 12.5. The molecule has 2 rings (SSSR count). The fraction of sp³-hybridized carbons (Fsp3) is 0.176. The predicted molar refractivity (Wildman–Crippen MR) is 89.1 cm³/mol. The lowest BCUT2D eigenvalue weighted by Gasteiger charge is -2.13. The molecule has 8 nitrogen and oxygen atoms in total. The van der Waals surface area contributed by atoms with Gasteiger partial charge in [0, 0.05) is 5.69 Å². The summed E-state index contributed by atoms with van der Waals surface area (Å²) >= 11 is 0. The number of carbonyl (C=O) groups excluding carboxylic acids is 1. The molecule has 0 spiro atoms. The summed E-state index contributed by atoms with van der Waals surface area (Å²) in [5.74, 6) is -1.70. The Morgan fingerprint density at radius 1 is 1.08 bits per heavy atom. The molecule has 0 saturated heterocycles. The van der Waals surface area contributed by atoms with Crippen LogP contribution in [0.3, 0.4) is 0 Å². The van der Waals surface area contributed by atoms with Crippen molar-refractivity contribution < 1.29 is 24.6 Å². The van der Waals surface area contributed by atoms with E-state index in [1.54, 1.807) is 50.2 Å². The van der Waals surface area contributed by atoms with Crippen LogP contribution in [0.4, 0.5) is 5.69 Å². The number of carboxylic acid groups (broad SMARTS) is 1. The zero-order valence-corrected chi connectivity index (χ0v) is 13.6. The van der Waals surface area contributed by atoms with Crippen molar-refractivity contribution in [3.63, 3.8) is 0 Å². The fourth-order valence-electron chi connectivity index (χ4n) is 2.38. The lowest BCUT2D eigenvalue weighted by molar-refractivity contribution is -0.763. The number of amides is 1. The maximum absolute atomic E-state index is 12.5. The standard InChI is InChI=1S/C17H16N2O6/c1-10-3-4-11(2)15(17(21)22)14(10)16(20)18-13-7-5-12(6-8-13)9-25-19(23)24/h3-8H,9H2,1-2H3,(H,18,20)(H,21,22). The molecular formula is C17H16N2O6. The third-order valence-electron chi connectivity index (χ3n) is 3.61. The van der Waals surface area contributed by atoms with Gasteiger partial charge in [-0.1, -0.05) is 24.3 Å². The Labute approximate surface area is 143 Å². The number of hydrogen-bond acceptors (Lipinski definition) is 5. The molecule has 0 saturated carbocycles. The number of carbonyl (C=O) groups is 2. The topological polar surface area (TPSA) is 119 Å². The van der Waals surface area contributed by atoms with E-state index in [0.29, 0.717) is 22.4 Å². The van der Waals surface area contributed by atoms with Gasteiger partial charge in [0.25, 0.3) is 11.0 Å². The Bertz CT molecular complexity index is 830. The second-order valence-corrected chi connectivity index (χ2v) is 5.40. The highest BCUT2D eigenvalue weighted by molar-refractivity contribution is 6.12. The highest BCUT2D eigenvalue weighted by atomic mass is 16.9. The molecule has 0 aliphatic heterocycles. The predicted octanol–water partition coefficient (Wildman–Crippen LogP) is 2.96. The van der Waals surface area contributed by atoms with Gasteiger partial charge in [0.2, 0.25) is 0 Å². The van der Waals surface area contributed by atoms with Crippen molar-refractivity contribution in [2.75, 3.05) is 5.32 Å². The Balaban J connectivity index is 2.22. The number of hydrogen-bond donors (Lipinski definition) is 2. The summed E-state index contributed by atoms with van der Waals surface area (Å²) in [5.41, 5.74) is 2.12. The van der Waals surface area contributed by atoms with E-state index in [9.17, 15) is 24.8 Å². The third-order valence-corrected chi connectivity index (χ3v) is 3.61. The van der Waals surface area contributed by atoms with Crippen molar-refractivity contribution in [3.05, 3.63) is 74.3 Å². The quantitative estimate of drug-likeness (QED) is 0.614. The van der Waals surface area contributed by atoms with E-state index in [-0.39, 0.29) is 17.7 Å². The van der Waals surface area contributed by atoms with Gasteiger partial charge in [0.15, 0.2) is 0 Å². The van der Waals surface area contributed by atoms with Crippen LogP contribution in [0.1, 0.15) is 37.4 Å². The molecule has 130 valence electrons. The molecule has 0 heterocycles. The van der Waals surface area contributed by atoms with Crippen LogP contribution in [0.25, 0.3) is 0 Å². The van der Waals surface area contributed by atoms with Gasteiger partial charge in [-0.3, -0.25) is 4.79 Å². The Kier molecular flexibility index (Phi) is 5.33. The minimum absolute atomic E-state index is 0.0338. The molecule has 2 aromatic rings. The largest absolute Gasteiger partial charge is 0.478 e. The summed E-state index contributed by atoms with van der Waals surface area (Å²) < 4.78 is 0. The van der Waals surface area contributed by atoms with E-state index in [1.807, 2.05) is 0 Å². The molecule has 0 bridgehead atoms. The van der Waals surface area contributed by atoms with Gasteiger partial charge in [-0.25, -0.2) is 4.79 Å². The summed E-state index contributed by atoms with van der Waals surface area (Å²) in [6.45, 7) is 3.10. The smallest absolute Gasteiger partial charge is 0.336 e. The van der Waals surface area contributed by atoms with Crippen LogP contribution in [-0.4, -0.2) is 22.1 Å². The van der Waals surface area contributed by atoms with Crippen LogP contribution in [-0.2, 0) is 11.4 Å². The molecular weight excluding hydrogens is 328 g/mol. The molecule has 0 atom stereocenters. The number of rotatable bonds is 6. The third kappa shape index (κ3) is 4.31. The highest BCUT2D eigenvalue weighted by Crippen LogP contribution is 2.21. The molecule has 0 aliphatic rings. The Morgan fingerprint density at radius 2 is 1.64 bits per heavy atom. The number of carboxylic acids is 1. The minimum Gasteiger partial charge on any atom is -0.478 e. The maximum Gasteiger partial charge on any atom is 0.336 e. The van der Waals surface area contributed by atoms with Crippen LogP contribution >= 0.6 is 0 Å². The van der Waals surface area contributed by atoms with Gasteiger partial charge in [-0.2, -0.15) is 0 Å². The van der Waals surface area contributed by atoms with Gasteiger partial charge in [0.05, 0.1) is 11.1 Å². The van der Waals surface area contributed by atoms with Crippen molar-refractivity contribution in [2.24, 2.45) is 0 Å². The van der Waals surface area contributed by atoms with E-state index in [1.165, 1.54) is 0 Å². The van der Waals surface area contributed by atoms with Gasteiger partial charge in [-0.05, 0) is 42.7 Å². The van der Waals surface area contributed by atoms with Crippen molar-refractivity contribution in [1.82, 2.24) is 0 Å². The molecule has 2 aromatic carbocycles. The number of anilines is 1. The monoisotopic (exact) mass is 344 g/mol. The number of aryl methyl sites for hydroxylation is 2. The number of benzene rings is 2. The highest BCUT2D eigenvalue weighted by Gasteiger charge is 2.21. The van der Waals surface area contributed by atoms with Gasteiger partial charge in [0.1, 0.15) is 6.61 Å². The minimum atomic E-state index is -1.17. The molecule has 0 radical (unpaired) electrons. The summed E-state index contributed by atoms with van der Waals surface area (Å²) in [6.07, 6.45) is 0. The number of nitrogens with one attached hydrogen (secondary N) is 1. The van der Waals surface area contributed by atoms with Crippen molar-refractivity contribution >= 4 is 17.6 Å². The first-order valence-electron chi connectivity index (χ1n) is 7.30. The van der Waals surface area contributed by atoms with Crippen molar-refractivity contribution in [2.45, 2.75) is 20.5 Å². The van der Waals surface area contributed by atoms with E-state index in [0.717, 1.165) is 0 Å². The molecule has 2 N–H and O–H groups in total. The summed E-state index contributed by atoms with van der Waals surface area (Å²) in [5, 5.41) is 21.3. The van der Waals surface area contributed by atoms with Crippen LogP contribution in [0, 0.1) is 24.0 Å². The van der Waals surface area contributed by atoms with Crippen molar-refractivity contribution in [1.29, 1.82) is 0 Å². The van der Waals surface area contributed by atoms with Gasteiger partial charge >= 0.3 is 5.97 Å². The molecule has 25 heavy (non-hydrogen) atoms. The lowest BCUT2D eigenvalue weighted by Crippen LogP contribution is -2.19. The zero-order chi connectivity index (χ0) is 18.6. The second-order valence-electron chi connectivity index (χ2n) is 5.40. The molecule has 0 unspecified atom stereocenters. The molecule has 1 amide bonds. The lowest BCUT2D eigenvalue weighted by atomic mass is 9.96. The molecule has 0 fully saturated rings. The Hall–Kier alpha value is -3.42. The first kappa shape index (κ1) is 17.9. The summed E-state index contributed by atoms with van der Waals surface area (Å²) in [4.78, 5) is 38.4. The molecule has 0 aliphatic carbocycles. The first-order valence-corrected chi connectivity index (χ1v) is 7.30. The number of aromatic carboxylic acids is 1. The van der Waals surface area contributed by atoms with Crippen LogP contribution < -0.4 is 5.32 Å². The second kappa shape index (κ2) is 7.43. The Morgan fingerprint density at radius 3 is 2.16 bits per heavy atom. The summed E-state index contributed by atoms with van der Waals surface area (Å²) in [6, 6.07) is 9.60. The van der Waals surface area contributed by atoms with E-state index < -0.39 is 17.0 Å². The fourth-order valence-corrected chi connectivity index (χ4v) is 2.38. The average molecular weight is 344 g/mol. The molecule has 8 heteroatoms. The SMILES string of the molecule is Cc1ccc(C)c(C(=O)Nc2ccc(CO[N+](=O)[O-])cc2)c1C(=O)O. The van der Waals surface area contributed by atoms with Gasteiger partial charge < -0.3 is 15.3 Å². The van der Waals surface area contributed by atoms with Gasteiger partial charge in [-0.15, -0.1) is 10.1 Å². The zero-order valence-electron chi connectivity index (χ0n) is 13.6. The molecule has 0 aromatic heterocycles. The van der Waals surface area contributed by atoms with Crippen molar-refractivity contribution in [3.8, 4) is 0 Å². The van der Waals surface area contributed by atoms with E-state index in [4.69, 9.17) is 0 Å². The number of nitrogens with zero attached hydrogens (tertiary/aromatic N) is 1. The summed E-state index contributed by atoms with van der Waals surface area (Å²) in [7, 11) is 0. The van der Waals surface area contributed by atoms with E-state index >= 15 is 0 Å². The first-order chi connectivity index (χ1) is 11.8. The van der Waals surface area contributed by atoms with Crippen LogP contribution in [0.5, 0.6) is 0 Å². The van der Waals surface area contributed by atoms with E-state index in [2.05, 4.69) is 10.2 Å². The normalized spacial score (nSPS) is 10.2. The van der Waals surface area contributed by atoms with Crippen LogP contribution in [0.15, 0.2) is 36.4 Å². The van der Waals surface area contributed by atoms with Crippen LogP contribution in [0.2, 0.25) is 0 Å². The average Bonchev–Trinajstić information content (AvgIpc) is 2.55.